The van der Waals surface area contributed by atoms with Gasteiger partial charge in [-0.15, -0.1) is 0 Å². The number of rotatable bonds is 7. The van der Waals surface area contributed by atoms with Crippen molar-refractivity contribution in [2.75, 3.05) is 0 Å². The van der Waals surface area contributed by atoms with Crippen molar-refractivity contribution in [2.45, 2.75) is 61.8 Å². The van der Waals surface area contributed by atoms with Crippen molar-refractivity contribution in [1.82, 2.24) is 0 Å². The molecular formula is C21H33F. The Balaban J connectivity index is 5.15. The highest BCUT2D eigenvalue weighted by molar-refractivity contribution is 5.38. The summed E-state index contributed by atoms with van der Waals surface area (Å²) in [6.45, 7) is 16.3. The molecule has 0 aromatic rings. The Morgan fingerprint density at radius 2 is 1.55 bits per heavy atom. The van der Waals surface area contributed by atoms with Crippen LogP contribution in [0.1, 0.15) is 61.8 Å². The third-order valence-electron chi connectivity index (χ3n) is 4.06. The highest BCUT2D eigenvalue weighted by atomic mass is 19.1. The van der Waals surface area contributed by atoms with Gasteiger partial charge in [-0.05, 0) is 63.7 Å². The van der Waals surface area contributed by atoms with Crippen LogP contribution in [-0.4, -0.2) is 0 Å². The molecule has 0 nitrogen and oxygen atoms in total. The summed E-state index contributed by atoms with van der Waals surface area (Å²) in [6, 6.07) is 0. The Kier molecular flexibility index (Phi) is 9.73. The summed E-state index contributed by atoms with van der Waals surface area (Å²) < 4.78 is 14.4. The van der Waals surface area contributed by atoms with Gasteiger partial charge in [0.1, 0.15) is 5.83 Å². The molecule has 22 heavy (non-hydrogen) atoms. The maximum Gasteiger partial charge on any atom is 0.126 e. The fraction of sp³-hybridized carbons (Fsp3) is 0.524. The molecule has 0 rings (SSSR count). The monoisotopic (exact) mass is 304 g/mol. The molecule has 0 spiro atoms. The van der Waals surface area contributed by atoms with Gasteiger partial charge in [0.15, 0.2) is 0 Å². The lowest BCUT2D eigenvalue weighted by Crippen LogP contribution is -1.95. The van der Waals surface area contributed by atoms with E-state index in [0.717, 1.165) is 17.6 Å². The first-order valence-corrected chi connectivity index (χ1v) is 8.24. The largest absolute Gasteiger partial charge is 0.207 e. The fourth-order valence-corrected chi connectivity index (χ4v) is 1.69. The normalized spacial score (nSPS) is 17.3. The minimum atomic E-state index is -0.141. The SMILES string of the molecule is CCC(C)/C=C\C(C)/C(C)=C/C(F)=C(C)/C(C)=C/C=C(C)C. The summed E-state index contributed by atoms with van der Waals surface area (Å²) in [4.78, 5) is 0. The van der Waals surface area contributed by atoms with Crippen molar-refractivity contribution in [3.8, 4) is 0 Å². The maximum atomic E-state index is 14.4. The molecule has 124 valence electrons. The second kappa shape index (κ2) is 10.4. The van der Waals surface area contributed by atoms with Crippen molar-refractivity contribution in [3.63, 3.8) is 0 Å². The standard InChI is InChI=1S/C21H33F/c1-9-16(4)11-13-17(5)19(7)14-21(22)20(8)18(6)12-10-15(2)3/h10-14,16-17H,9H2,1-8H3/b13-11-,18-12+,19-14+,21-20-. The van der Waals surface area contributed by atoms with Crippen LogP contribution < -0.4 is 0 Å². The van der Waals surface area contributed by atoms with Gasteiger partial charge in [-0.2, -0.15) is 0 Å². The van der Waals surface area contributed by atoms with Gasteiger partial charge >= 0.3 is 0 Å². The predicted octanol–water partition coefficient (Wildman–Crippen LogP) is 7.33. The van der Waals surface area contributed by atoms with Crippen molar-refractivity contribution >= 4 is 0 Å². The van der Waals surface area contributed by atoms with E-state index < -0.39 is 0 Å². The molecule has 2 unspecified atom stereocenters. The van der Waals surface area contributed by atoms with E-state index in [1.54, 1.807) is 6.08 Å². The highest BCUT2D eigenvalue weighted by Gasteiger charge is 2.05. The van der Waals surface area contributed by atoms with Crippen LogP contribution in [-0.2, 0) is 0 Å². The molecule has 2 atom stereocenters. The molecule has 1 heteroatoms. The van der Waals surface area contributed by atoms with Gasteiger partial charge in [0.05, 0.1) is 0 Å². The van der Waals surface area contributed by atoms with Gasteiger partial charge in [0.2, 0.25) is 0 Å². The molecule has 0 aliphatic heterocycles. The molecule has 0 amide bonds. The Labute approximate surface area is 137 Å². The third-order valence-corrected chi connectivity index (χ3v) is 4.06. The van der Waals surface area contributed by atoms with Crippen molar-refractivity contribution in [1.29, 1.82) is 0 Å². The van der Waals surface area contributed by atoms with E-state index in [-0.39, 0.29) is 11.7 Å². The van der Waals surface area contributed by atoms with Crippen LogP contribution in [0.25, 0.3) is 0 Å². The minimum Gasteiger partial charge on any atom is -0.207 e. The summed E-state index contributed by atoms with van der Waals surface area (Å²) in [6.07, 6.45) is 11.2. The van der Waals surface area contributed by atoms with Crippen molar-refractivity contribution in [2.24, 2.45) is 11.8 Å². The van der Waals surface area contributed by atoms with E-state index >= 15 is 0 Å². The van der Waals surface area contributed by atoms with Gasteiger partial charge in [-0.1, -0.05) is 62.6 Å². The lowest BCUT2D eigenvalue weighted by molar-refractivity contribution is 0.649. The lowest BCUT2D eigenvalue weighted by atomic mass is 9.97. The average molecular weight is 304 g/mol. The topological polar surface area (TPSA) is 0 Å². The molecule has 0 aromatic heterocycles. The van der Waals surface area contributed by atoms with E-state index in [9.17, 15) is 4.39 Å². The molecule has 0 aromatic carbocycles. The van der Waals surface area contributed by atoms with Gasteiger partial charge in [0, 0.05) is 0 Å². The van der Waals surface area contributed by atoms with E-state index in [1.807, 2.05) is 46.8 Å². The van der Waals surface area contributed by atoms with Crippen LogP contribution in [0, 0.1) is 11.8 Å². The molecule has 0 heterocycles. The van der Waals surface area contributed by atoms with Gasteiger partial charge in [-0.25, -0.2) is 4.39 Å². The number of allylic oxidation sites excluding steroid dienone is 10. The zero-order valence-corrected chi connectivity index (χ0v) is 15.6. The molecule has 0 aliphatic carbocycles. The summed E-state index contributed by atoms with van der Waals surface area (Å²) in [5.74, 6) is 0.693. The van der Waals surface area contributed by atoms with Crippen LogP contribution in [0.2, 0.25) is 0 Å². The quantitative estimate of drug-likeness (QED) is 0.341. The van der Waals surface area contributed by atoms with E-state index in [0.29, 0.717) is 11.5 Å². The Morgan fingerprint density at radius 3 is 2.05 bits per heavy atom. The second-order valence-corrected chi connectivity index (χ2v) is 6.51. The first-order chi connectivity index (χ1) is 10.2. The summed E-state index contributed by atoms with van der Waals surface area (Å²) in [5.41, 5.74) is 3.93. The summed E-state index contributed by atoms with van der Waals surface area (Å²) in [5, 5.41) is 0. The molecule has 0 saturated heterocycles. The van der Waals surface area contributed by atoms with E-state index in [1.165, 1.54) is 5.57 Å². The maximum absolute atomic E-state index is 14.4. The van der Waals surface area contributed by atoms with Crippen molar-refractivity contribution < 1.29 is 4.39 Å². The molecule has 0 aliphatic rings. The minimum absolute atomic E-state index is 0.141. The smallest absolute Gasteiger partial charge is 0.126 e. The number of halogens is 1. The first kappa shape index (κ1) is 20.6. The first-order valence-electron chi connectivity index (χ1n) is 8.24. The van der Waals surface area contributed by atoms with Gasteiger partial charge in [0.25, 0.3) is 0 Å². The predicted molar refractivity (Wildman–Crippen MR) is 98.5 cm³/mol. The highest BCUT2D eigenvalue weighted by Crippen LogP contribution is 2.21. The van der Waals surface area contributed by atoms with E-state index in [4.69, 9.17) is 0 Å². The molecule has 0 radical (unpaired) electrons. The van der Waals surface area contributed by atoms with E-state index in [2.05, 4.69) is 32.9 Å². The molecule has 0 bridgehead atoms. The van der Waals surface area contributed by atoms with Crippen LogP contribution in [0.4, 0.5) is 4.39 Å². The lowest BCUT2D eigenvalue weighted by Gasteiger charge is -2.09. The van der Waals surface area contributed by atoms with Crippen LogP contribution in [0.5, 0.6) is 0 Å². The summed E-state index contributed by atoms with van der Waals surface area (Å²) in [7, 11) is 0. The number of hydrogen-bond donors (Lipinski definition) is 0. The molecule has 0 N–H and O–H groups in total. The van der Waals surface area contributed by atoms with Crippen molar-refractivity contribution in [3.05, 3.63) is 58.5 Å². The number of hydrogen-bond acceptors (Lipinski definition) is 0. The van der Waals surface area contributed by atoms with Crippen LogP contribution in [0.15, 0.2) is 58.5 Å². The fourth-order valence-electron chi connectivity index (χ4n) is 1.69. The molecular weight excluding hydrogens is 271 g/mol. The zero-order valence-electron chi connectivity index (χ0n) is 15.6. The third kappa shape index (κ3) is 8.17. The second-order valence-electron chi connectivity index (χ2n) is 6.51. The van der Waals surface area contributed by atoms with Crippen LogP contribution in [0.3, 0.4) is 0 Å². The van der Waals surface area contributed by atoms with Gasteiger partial charge in [-0.3, -0.25) is 0 Å². The molecule has 0 fully saturated rings. The Hall–Kier alpha value is -1.37. The average Bonchev–Trinajstić information content (AvgIpc) is 2.48. The molecule has 0 saturated carbocycles. The van der Waals surface area contributed by atoms with Gasteiger partial charge < -0.3 is 0 Å². The van der Waals surface area contributed by atoms with Crippen LogP contribution >= 0.6 is 0 Å². The Bertz CT molecular complexity index is 494. The Morgan fingerprint density at radius 1 is 0.955 bits per heavy atom. The summed E-state index contributed by atoms with van der Waals surface area (Å²) >= 11 is 0. The zero-order chi connectivity index (χ0) is 17.3.